The third-order valence-corrected chi connectivity index (χ3v) is 6.86. The first-order valence-electron chi connectivity index (χ1n) is 12.6. The van der Waals surface area contributed by atoms with E-state index in [0.717, 1.165) is 25.7 Å². The van der Waals surface area contributed by atoms with E-state index >= 15 is 8.63 Å². The zero-order valence-corrected chi connectivity index (χ0v) is 21.1. The molecule has 1 N–H and O–H groups in total. The Hall–Kier alpha value is -4.80. The molecule has 0 fully saturated rings. The lowest BCUT2D eigenvalue weighted by molar-refractivity contribution is -0.360. The second-order valence-corrected chi connectivity index (χ2v) is 9.48. The molecule has 0 atom stereocenters. The van der Waals surface area contributed by atoms with Crippen LogP contribution >= 0.6 is 0 Å². The van der Waals surface area contributed by atoms with Gasteiger partial charge in [0.2, 0.25) is 11.7 Å². The molecule has 0 aliphatic carbocycles. The largest absolute Gasteiger partial charge is 0.737 e. The van der Waals surface area contributed by atoms with Crippen molar-refractivity contribution in [2.75, 3.05) is 0 Å². The molecule has 4 heterocycles. The molecule has 11 heteroatoms. The van der Waals surface area contributed by atoms with E-state index in [9.17, 15) is 4.79 Å². The van der Waals surface area contributed by atoms with Crippen LogP contribution in [0.2, 0.25) is 0 Å². The van der Waals surface area contributed by atoms with Crippen LogP contribution in [0.15, 0.2) is 84.6 Å². The second kappa shape index (κ2) is 9.82. The Balaban J connectivity index is 1.12. The average Bonchev–Trinajstić information content (AvgIpc) is 3.58. The zero-order valence-electron chi connectivity index (χ0n) is 21.1. The highest BCUT2D eigenvalue weighted by Gasteiger charge is 2.52. The number of halogens is 2. The van der Waals surface area contributed by atoms with Crippen molar-refractivity contribution in [2.45, 2.75) is 26.3 Å². The molecule has 0 spiro atoms. The van der Waals surface area contributed by atoms with Crippen molar-refractivity contribution < 1.29 is 17.9 Å². The number of rotatable bonds is 7. The van der Waals surface area contributed by atoms with Crippen LogP contribution in [0.5, 0.6) is 0 Å². The molecule has 8 nitrogen and oxygen atoms in total. The lowest BCUT2D eigenvalue weighted by Gasteiger charge is -2.30. The van der Waals surface area contributed by atoms with Crippen LogP contribution in [0.25, 0.3) is 17.5 Å². The summed E-state index contributed by atoms with van der Waals surface area (Å²) in [5, 5.41) is 18.7. The van der Waals surface area contributed by atoms with E-state index in [4.69, 9.17) is 0 Å². The van der Waals surface area contributed by atoms with E-state index in [1.165, 1.54) is 0 Å². The van der Waals surface area contributed by atoms with Crippen LogP contribution in [-0.4, -0.2) is 47.9 Å². The molecule has 2 aliphatic rings. The number of allylic oxidation sites excluding steroid dienone is 2. The number of carbonyl (C=O) groups excluding carboxylic acids is 1. The average molecular weight is 523 g/mol. The van der Waals surface area contributed by atoms with Crippen molar-refractivity contribution in [3.8, 4) is 11.4 Å². The van der Waals surface area contributed by atoms with E-state index in [2.05, 4.69) is 25.7 Å². The van der Waals surface area contributed by atoms with Gasteiger partial charge in [-0.1, -0.05) is 42.5 Å². The third-order valence-electron chi connectivity index (χ3n) is 6.86. The minimum atomic E-state index is -4.13. The molecule has 0 unspecified atom stereocenters. The molecule has 0 radical (unpaired) electrons. The zero-order chi connectivity index (χ0) is 27.0. The van der Waals surface area contributed by atoms with E-state index in [1.54, 1.807) is 37.3 Å². The summed E-state index contributed by atoms with van der Waals surface area (Å²) < 4.78 is 34.2. The Labute approximate surface area is 223 Å². The molecule has 39 heavy (non-hydrogen) atoms. The van der Waals surface area contributed by atoms with Crippen LogP contribution in [0.3, 0.4) is 0 Å². The molecular formula is C28H24BF2N7O. The number of nitrogens with one attached hydrogen (secondary N) is 1. The van der Waals surface area contributed by atoms with E-state index in [0.29, 0.717) is 41.0 Å². The Morgan fingerprint density at radius 1 is 0.923 bits per heavy atom. The number of fused-ring (bicyclic) bond motifs is 2. The van der Waals surface area contributed by atoms with Gasteiger partial charge in [0.1, 0.15) is 0 Å². The van der Waals surface area contributed by atoms with Gasteiger partial charge in [0.05, 0.1) is 0 Å². The Morgan fingerprint density at radius 3 is 2.41 bits per heavy atom. The predicted molar refractivity (Wildman–Crippen MR) is 144 cm³/mol. The molecule has 2 aromatic heterocycles. The number of hydrogen-bond donors (Lipinski definition) is 1. The minimum absolute atomic E-state index is 0.0896. The normalized spacial score (nSPS) is 15.1. The van der Waals surface area contributed by atoms with Gasteiger partial charge in [-0.25, -0.2) is 0 Å². The van der Waals surface area contributed by atoms with Gasteiger partial charge in [-0.05, 0) is 48.9 Å². The lowest BCUT2D eigenvalue weighted by Crippen LogP contribution is -2.51. The van der Waals surface area contributed by atoms with Gasteiger partial charge in [0.25, 0.3) is 0 Å². The van der Waals surface area contributed by atoms with Gasteiger partial charge >= 0.3 is 6.97 Å². The highest BCUT2D eigenvalue weighted by Crippen LogP contribution is 2.33. The van der Waals surface area contributed by atoms with E-state index in [-0.39, 0.29) is 18.7 Å². The second-order valence-electron chi connectivity index (χ2n) is 9.48. The summed E-state index contributed by atoms with van der Waals surface area (Å²) in [6.07, 6.45) is 5.48. The van der Waals surface area contributed by atoms with Gasteiger partial charge in [-0.3, -0.25) is 4.79 Å². The fourth-order valence-electron chi connectivity index (χ4n) is 4.95. The molecule has 194 valence electrons. The van der Waals surface area contributed by atoms with Gasteiger partial charge in [-0.2, -0.15) is 0 Å². The smallest absolute Gasteiger partial charge is 0.394 e. The minimum Gasteiger partial charge on any atom is -0.394 e. The first-order chi connectivity index (χ1) is 18.9. The quantitative estimate of drug-likeness (QED) is 0.371. The Morgan fingerprint density at radius 2 is 1.67 bits per heavy atom. The summed E-state index contributed by atoms with van der Waals surface area (Å²) in [6.45, 7) is -2.10. The van der Waals surface area contributed by atoms with E-state index in [1.807, 2.05) is 54.6 Å². The molecule has 2 aromatic carbocycles. The van der Waals surface area contributed by atoms with Gasteiger partial charge in [0.15, 0.2) is 17.2 Å². The monoisotopic (exact) mass is 523 g/mol. The highest BCUT2D eigenvalue weighted by atomic mass is 19.2. The third kappa shape index (κ3) is 4.67. The van der Waals surface area contributed by atoms with Crippen molar-refractivity contribution in [1.82, 2.24) is 30.2 Å². The molecular weight excluding hydrogens is 499 g/mol. The van der Waals surface area contributed by atoms with Crippen LogP contribution in [0.4, 0.5) is 8.63 Å². The maximum absolute atomic E-state index is 16.0. The van der Waals surface area contributed by atoms with Crippen molar-refractivity contribution in [1.29, 1.82) is 0 Å². The topological polar surface area (TPSA) is 88.6 Å². The van der Waals surface area contributed by atoms with E-state index < -0.39 is 6.97 Å². The Bertz CT molecular complexity index is 1640. The maximum Gasteiger partial charge on any atom is 0.737 e. The summed E-state index contributed by atoms with van der Waals surface area (Å²) in [7, 11) is 0. The molecule has 0 bridgehead atoms. The number of hydrogen-bond acceptors (Lipinski definition) is 5. The summed E-state index contributed by atoms with van der Waals surface area (Å²) >= 11 is 0. The molecule has 0 saturated heterocycles. The van der Waals surface area contributed by atoms with Crippen molar-refractivity contribution in [2.24, 2.45) is 0 Å². The van der Waals surface area contributed by atoms with Crippen molar-refractivity contribution in [3.05, 3.63) is 113 Å². The number of aryl methyl sites for hydroxylation is 2. The van der Waals surface area contributed by atoms with Crippen LogP contribution in [-0.2, 0) is 17.8 Å². The van der Waals surface area contributed by atoms with Crippen molar-refractivity contribution >= 4 is 24.7 Å². The van der Waals surface area contributed by atoms with Crippen molar-refractivity contribution in [3.63, 3.8) is 0 Å². The van der Waals surface area contributed by atoms with Gasteiger partial charge < -0.3 is 22.9 Å². The fraction of sp³-hybridized carbons (Fsp3) is 0.143. The SMILES string of the molecule is Cc1nnc(-c2ccc(CNC(=O)CCc3ccc4n3[B-](F)(F)[N+]3=C(c5ccccc5)C=CC3=C4)cc2)nn1. The maximum atomic E-state index is 16.0. The first-order valence-corrected chi connectivity index (χ1v) is 12.6. The number of aromatic nitrogens is 5. The summed E-state index contributed by atoms with van der Waals surface area (Å²) in [5.41, 5.74) is 4.15. The summed E-state index contributed by atoms with van der Waals surface area (Å²) in [4.78, 5) is 12.6. The van der Waals surface area contributed by atoms with Crippen LogP contribution in [0, 0.1) is 6.92 Å². The van der Waals surface area contributed by atoms with Gasteiger partial charge in [-0.15, -0.1) is 20.4 Å². The molecule has 4 aromatic rings. The number of amides is 1. The molecule has 0 saturated carbocycles. The number of carbonyl (C=O) groups is 1. The number of benzene rings is 2. The standard InChI is InChI=1S/C28H24BF2N7O/c1-19-33-35-28(36-34-19)22-9-7-20(8-10-22)18-32-27(39)16-14-23-11-12-24-17-25-13-15-26(21-5-3-2-4-6-21)38(25)29(30,31)37(23)24/h2-13,15,17H,14,16,18H2,1H3,(H,32,39). The summed E-state index contributed by atoms with van der Waals surface area (Å²) in [6, 6.07) is 19.9. The predicted octanol–water partition coefficient (Wildman–Crippen LogP) is 3.94. The lowest BCUT2D eigenvalue weighted by atomic mass is 9.89. The molecule has 2 aliphatic heterocycles. The summed E-state index contributed by atoms with van der Waals surface area (Å²) in [5.74, 6) is 0.700. The van der Waals surface area contributed by atoms with Gasteiger partial charge in [0, 0.05) is 48.0 Å². The Kier molecular flexibility index (Phi) is 6.18. The first kappa shape index (κ1) is 24.5. The molecule has 1 amide bonds. The van der Waals surface area contributed by atoms with Crippen LogP contribution in [0.1, 0.15) is 34.8 Å². The highest BCUT2D eigenvalue weighted by molar-refractivity contribution is 6.58. The molecule has 6 rings (SSSR count). The number of nitrogens with zero attached hydrogens (tertiary/aromatic N) is 6. The fourth-order valence-corrected chi connectivity index (χ4v) is 4.95. The van der Waals surface area contributed by atoms with Crippen LogP contribution < -0.4 is 5.32 Å².